The Bertz CT molecular complexity index is 141. The van der Waals surface area contributed by atoms with Crippen molar-refractivity contribution in [3.63, 3.8) is 0 Å². The van der Waals surface area contributed by atoms with E-state index in [1.807, 2.05) is 0 Å². The van der Waals surface area contributed by atoms with Gasteiger partial charge in [-0.25, -0.2) is 4.79 Å². The number of ether oxygens (including phenoxy) is 1. The molecule has 2 radical (unpaired) electrons. The Labute approximate surface area is 81.0 Å². The van der Waals surface area contributed by atoms with Crippen molar-refractivity contribution in [2.75, 3.05) is 0 Å². The van der Waals surface area contributed by atoms with Crippen LogP contribution >= 0.6 is 0 Å². The van der Waals surface area contributed by atoms with Crippen molar-refractivity contribution in [3.05, 3.63) is 26.2 Å². The SMILES string of the molecule is [CH2]CCCCCC[CH]OC(=O)C=C. The predicted octanol–water partition coefficient (Wildman–Crippen LogP) is 3.05. The van der Waals surface area contributed by atoms with Crippen LogP contribution in [0, 0.1) is 13.5 Å². The van der Waals surface area contributed by atoms with E-state index in [0.29, 0.717) is 0 Å². The fraction of sp³-hybridized carbons (Fsp3) is 0.545. The molecule has 0 heterocycles. The average molecular weight is 182 g/mol. The Morgan fingerprint density at radius 1 is 1.23 bits per heavy atom. The fourth-order valence-electron chi connectivity index (χ4n) is 0.947. The van der Waals surface area contributed by atoms with Gasteiger partial charge in [-0.05, 0) is 12.8 Å². The van der Waals surface area contributed by atoms with Crippen LogP contribution in [0.2, 0.25) is 0 Å². The van der Waals surface area contributed by atoms with Crippen molar-refractivity contribution < 1.29 is 9.53 Å². The van der Waals surface area contributed by atoms with Crippen molar-refractivity contribution >= 4 is 5.97 Å². The maximum absolute atomic E-state index is 10.6. The number of hydrogen-bond donors (Lipinski definition) is 0. The summed E-state index contributed by atoms with van der Waals surface area (Å²) in [5.74, 6) is -0.377. The fourth-order valence-corrected chi connectivity index (χ4v) is 0.947. The molecule has 0 fully saturated rings. The predicted molar refractivity (Wildman–Crippen MR) is 53.6 cm³/mol. The molecule has 0 aliphatic heterocycles. The number of rotatable bonds is 8. The third-order valence-electron chi connectivity index (χ3n) is 1.69. The molecule has 0 saturated heterocycles. The van der Waals surface area contributed by atoms with Crippen molar-refractivity contribution in [2.24, 2.45) is 0 Å². The van der Waals surface area contributed by atoms with Crippen LogP contribution in [0.25, 0.3) is 0 Å². The zero-order valence-electron chi connectivity index (χ0n) is 8.13. The third kappa shape index (κ3) is 9.12. The number of esters is 1. The summed E-state index contributed by atoms with van der Waals surface area (Å²) in [7, 11) is 0. The minimum Gasteiger partial charge on any atom is -0.455 e. The van der Waals surface area contributed by atoms with Gasteiger partial charge in [0, 0.05) is 6.08 Å². The highest BCUT2D eigenvalue weighted by Gasteiger charge is 1.95. The summed E-state index contributed by atoms with van der Waals surface area (Å²) >= 11 is 0. The van der Waals surface area contributed by atoms with Crippen LogP contribution in [0.5, 0.6) is 0 Å². The van der Waals surface area contributed by atoms with Gasteiger partial charge in [-0.15, -0.1) is 0 Å². The highest BCUT2D eigenvalue weighted by atomic mass is 16.5. The normalized spacial score (nSPS) is 9.62. The number of hydrogen-bond acceptors (Lipinski definition) is 2. The molecule has 2 nitrogen and oxygen atoms in total. The van der Waals surface area contributed by atoms with Gasteiger partial charge in [-0.3, -0.25) is 0 Å². The monoisotopic (exact) mass is 182 g/mol. The molecule has 0 spiro atoms. The Hall–Kier alpha value is -0.790. The zero-order chi connectivity index (χ0) is 9.94. The summed E-state index contributed by atoms with van der Waals surface area (Å²) in [6.07, 6.45) is 7.66. The van der Waals surface area contributed by atoms with Crippen LogP contribution in [0.4, 0.5) is 0 Å². The second-order valence-electron chi connectivity index (χ2n) is 2.86. The molecular formula is C11H18O2. The first-order chi connectivity index (χ1) is 6.31. The van der Waals surface area contributed by atoms with Gasteiger partial charge < -0.3 is 4.74 Å². The standard InChI is InChI=1S/C11H18O2/c1-3-5-6-7-8-9-10-13-11(12)4-2/h4,10H,1-3,5-9H2. The zero-order valence-corrected chi connectivity index (χ0v) is 8.13. The third-order valence-corrected chi connectivity index (χ3v) is 1.69. The largest absolute Gasteiger partial charge is 0.455 e. The molecule has 0 aromatic carbocycles. The second kappa shape index (κ2) is 9.30. The minimum absolute atomic E-state index is 0.377. The summed E-state index contributed by atoms with van der Waals surface area (Å²) in [5.41, 5.74) is 0. The Kier molecular flexibility index (Phi) is 8.73. The first-order valence-electron chi connectivity index (χ1n) is 4.75. The van der Waals surface area contributed by atoms with Gasteiger partial charge in [0.05, 0.1) is 0 Å². The topological polar surface area (TPSA) is 26.3 Å². The molecule has 0 aromatic heterocycles. The molecule has 0 saturated carbocycles. The highest BCUT2D eigenvalue weighted by Crippen LogP contribution is 2.06. The van der Waals surface area contributed by atoms with Crippen molar-refractivity contribution in [1.82, 2.24) is 0 Å². The van der Waals surface area contributed by atoms with Crippen molar-refractivity contribution in [2.45, 2.75) is 38.5 Å². The summed E-state index contributed by atoms with van der Waals surface area (Å²) in [6, 6.07) is 0. The molecule has 13 heavy (non-hydrogen) atoms. The van der Waals surface area contributed by atoms with Crippen LogP contribution in [0.15, 0.2) is 12.7 Å². The molecule has 0 aliphatic rings. The summed E-state index contributed by atoms with van der Waals surface area (Å²) in [4.78, 5) is 10.6. The number of carbonyl (C=O) groups is 1. The van der Waals surface area contributed by atoms with E-state index >= 15 is 0 Å². The molecule has 0 unspecified atom stereocenters. The van der Waals surface area contributed by atoms with Crippen LogP contribution < -0.4 is 0 Å². The smallest absolute Gasteiger partial charge is 0.330 e. The van der Waals surface area contributed by atoms with E-state index in [9.17, 15) is 4.79 Å². The van der Waals surface area contributed by atoms with Gasteiger partial charge in [0.15, 0.2) is 0 Å². The summed E-state index contributed by atoms with van der Waals surface area (Å²) in [6.45, 7) is 8.61. The van der Waals surface area contributed by atoms with E-state index in [1.165, 1.54) is 25.3 Å². The number of unbranched alkanes of at least 4 members (excludes halogenated alkanes) is 5. The molecule has 0 atom stereocenters. The van der Waals surface area contributed by atoms with Gasteiger partial charge in [0.2, 0.25) is 0 Å². The van der Waals surface area contributed by atoms with E-state index < -0.39 is 0 Å². The number of carbonyl (C=O) groups excluding carboxylic acids is 1. The first kappa shape index (κ1) is 12.2. The quantitative estimate of drug-likeness (QED) is 0.327. The van der Waals surface area contributed by atoms with Gasteiger partial charge in [-0.2, -0.15) is 0 Å². The lowest BCUT2D eigenvalue weighted by Gasteiger charge is -2.00. The highest BCUT2D eigenvalue weighted by molar-refractivity contribution is 5.81. The molecular weight excluding hydrogens is 164 g/mol. The lowest BCUT2D eigenvalue weighted by atomic mass is 10.1. The van der Waals surface area contributed by atoms with Gasteiger partial charge in [0.1, 0.15) is 6.61 Å². The molecule has 0 N–H and O–H groups in total. The van der Waals surface area contributed by atoms with E-state index in [-0.39, 0.29) is 5.97 Å². The van der Waals surface area contributed by atoms with E-state index in [2.05, 4.69) is 13.5 Å². The summed E-state index contributed by atoms with van der Waals surface area (Å²) in [5, 5.41) is 0. The van der Waals surface area contributed by atoms with Crippen LogP contribution in [0.3, 0.4) is 0 Å². The first-order valence-corrected chi connectivity index (χ1v) is 4.75. The van der Waals surface area contributed by atoms with Crippen LogP contribution in [0.1, 0.15) is 38.5 Å². The molecule has 0 bridgehead atoms. The molecule has 0 amide bonds. The van der Waals surface area contributed by atoms with Gasteiger partial charge in [0.25, 0.3) is 0 Å². The van der Waals surface area contributed by atoms with E-state index in [4.69, 9.17) is 4.74 Å². The maximum Gasteiger partial charge on any atom is 0.330 e. The Morgan fingerprint density at radius 2 is 1.92 bits per heavy atom. The summed E-state index contributed by atoms with van der Waals surface area (Å²) < 4.78 is 4.70. The lowest BCUT2D eigenvalue weighted by molar-refractivity contribution is -0.134. The maximum atomic E-state index is 10.6. The Morgan fingerprint density at radius 3 is 2.54 bits per heavy atom. The van der Waals surface area contributed by atoms with E-state index in [1.54, 1.807) is 6.61 Å². The molecule has 0 rings (SSSR count). The van der Waals surface area contributed by atoms with E-state index in [0.717, 1.165) is 19.3 Å². The second-order valence-corrected chi connectivity index (χ2v) is 2.86. The minimum atomic E-state index is -0.377. The van der Waals surface area contributed by atoms with Gasteiger partial charge in [-0.1, -0.05) is 39.2 Å². The lowest BCUT2D eigenvalue weighted by Crippen LogP contribution is -1.96. The molecule has 0 aliphatic carbocycles. The molecule has 2 heteroatoms. The van der Waals surface area contributed by atoms with Crippen molar-refractivity contribution in [3.8, 4) is 0 Å². The molecule has 74 valence electrons. The van der Waals surface area contributed by atoms with Crippen LogP contribution in [-0.2, 0) is 9.53 Å². The molecule has 0 aromatic rings. The average Bonchev–Trinajstić information content (AvgIpc) is 2.16. The van der Waals surface area contributed by atoms with Gasteiger partial charge >= 0.3 is 5.97 Å². The Balaban J connectivity index is 2.99. The van der Waals surface area contributed by atoms with Crippen LogP contribution in [-0.4, -0.2) is 5.97 Å². The van der Waals surface area contributed by atoms with Crippen molar-refractivity contribution in [1.29, 1.82) is 0 Å².